The SMILES string of the molecule is CC(C)c1ccc(N2CCN(CC(=O)NC3CCC(Oc4ccccn4)CC3)C2=O)cc1. The molecule has 1 N–H and O–H groups in total. The van der Waals surface area contributed by atoms with Crippen LogP contribution in [-0.4, -0.2) is 53.6 Å². The van der Waals surface area contributed by atoms with Crippen molar-refractivity contribution in [1.29, 1.82) is 0 Å². The first kappa shape index (κ1) is 22.1. The van der Waals surface area contributed by atoms with Crippen molar-refractivity contribution in [2.45, 2.75) is 57.6 Å². The quantitative estimate of drug-likeness (QED) is 0.713. The van der Waals surface area contributed by atoms with Crippen LogP contribution in [0, 0.1) is 0 Å². The van der Waals surface area contributed by atoms with Gasteiger partial charge in [0, 0.05) is 37.1 Å². The lowest BCUT2D eigenvalue weighted by Gasteiger charge is -2.29. The van der Waals surface area contributed by atoms with E-state index in [0.717, 1.165) is 31.4 Å². The van der Waals surface area contributed by atoms with E-state index in [1.165, 1.54) is 5.56 Å². The van der Waals surface area contributed by atoms with E-state index in [1.807, 2.05) is 30.3 Å². The second kappa shape index (κ2) is 10.0. The average Bonchev–Trinajstić information content (AvgIpc) is 3.15. The highest BCUT2D eigenvalue weighted by Crippen LogP contribution is 2.24. The summed E-state index contributed by atoms with van der Waals surface area (Å²) in [6, 6.07) is 13.8. The molecule has 1 saturated carbocycles. The Labute approximate surface area is 189 Å². The third-order valence-corrected chi connectivity index (χ3v) is 6.27. The number of carbonyl (C=O) groups excluding carboxylic acids is 2. The number of urea groups is 1. The van der Waals surface area contributed by atoms with Crippen LogP contribution in [0.1, 0.15) is 51.0 Å². The Kier molecular flexibility index (Phi) is 6.93. The summed E-state index contributed by atoms with van der Waals surface area (Å²) in [5.74, 6) is 1.01. The van der Waals surface area contributed by atoms with Crippen molar-refractivity contribution in [2.75, 3.05) is 24.5 Å². The lowest BCUT2D eigenvalue weighted by molar-refractivity contribution is -0.122. The van der Waals surface area contributed by atoms with Crippen LogP contribution >= 0.6 is 0 Å². The van der Waals surface area contributed by atoms with Gasteiger partial charge in [-0.05, 0) is 55.4 Å². The second-order valence-electron chi connectivity index (χ2n) is 8.93. The molecular formula is C25H32N4O3. The van der Waals surface area contributed by atoms with Crippen molar-refractivity contribution in [3.63, 3.8) is 0 Å². The Balaban J connectivity index is 1.22. The van der Waals surface area contributed by atoms with Crippen LogP contribution in [0.4, 0.5) is 10.5 Å². The minimum Gasteiger partial charge on any atom is -0.474 e. The van der Waals surface area contributed by atoms with Gasteiger partial charge in [0.1, 0.15) is 12.6 Å². The zero-order valence-corrected chi connectivity index (χ0v) is 18.9. The smallest absolute Gasteiger partial charge is 0.325 e. The summed E-state index contributed by atoms with van der Waals surface area (Å²) in [5, 5.41) is 3.10. The second-order valence-corrected chi connectivity index (χ2v) is 8.93. The van der Waals surface area contributed by atoms with Gasteiger partial charge >= 0.3 is 6.03 Å². The molecule has 0 bridgehead atoms. The molecule has 1 aromatic carbocycles. The van der Waals surface area contributed by atoms with Crippen molar-refractivity contribution < 1.29 is 14.3 Å². The Morgan fingerprint density at radius 3 is 2.50 bits per heavy atom. The fourth-order valence-corrected chi connectivity index (χ4v) is 4.37. The summed E-state index contributed by atoms with van der Waals surface area (Å²) in [6.07, 6.45) is 5.35. The van der Waals surface area contributed by atoms with Gasteiger partial charge in [-0.3, -0.25) is 9.69 Å². The molecule has 1 aliphatic carbocycles. The Morgan fingerprint density at radius 2 is 1.84 bits per heavy atom. The predicted molar refractivity (Wildman–Crippen MR) is 124 cm³/mol. The van der Waals surface area contributed by atoms with E-state index >= 15 is 0 Å². The number of hydrogen-bond acceptors (Lipinski definition) is 4. The molecule has 2 aromatic rings. The molecule has 0 spiro atoms. The van der Waals surface area contributed by atoms with Gasteiger partial charge in [0.05, 0.1) is 0 Å². The minimum atomic E-state index is -0.107. The van der Waals surface area contributed by atoms with E-state index in [9.17, 15) is 9.59 Å². The van der Waals surface area contributed by atoms with Crippen LogP contribution in [0.3, 0.4) is 0 Å². The third-order valence-electron chi connectivity index (χ3n) is 6.27. The van der Waals surface area contributed by atoms with Gasteiger partial charge in [-0.1, -0.05) is 32.0 Å². The Morgan fingerprint density at radius 1 is 1.09 bits per heavy atom. The fourth-order valence-electron chi connectivity index (χ4n) is 4.37. The third kappa shape index (κ3) is 5.39. The van der Waals surface area contributed by atoms with Crippen LogP contribution in [-0.2, 0) is 4.79 Å². The highest BCUT2D eigenvalue weighted by Gasteiger charge is 2.32. The molecule has 0 unspecified atom stereocenters. The van der Waals surface area contributed by atoms with Crippen molar-refractivity contribution >= 4 is 17.6 Å². The largest absolute Gasteiger partial charge is 0.474 e. The topological polar surface area (TPSA) is 74.8 Å². The van der Waals surface area contributed by atoms with Gasteiger partial charge in [0.25, 0.3) is 0 Å². The normalized spacial score (nSPS) is 21.2. The average molecular weight is 437 g/mol. The van der Waals surface area contributed by atoms with Gasteiger partial charge in [-0.2, -0.15) is 0 Å². The number of anilines is 1. The zero-order chi connectivity index (χ0) is 22.5. The van der Waals surface area contributed by atoms with Crippen molar-refractivity contribution in [3.05, 3.63) is 54.2 Å². The first-order valence-corrected chi connectivity index (χ1v) is 11.5. The molecule has 1 saturated heterocycles. The van der Waals surface area contributed by atoms with Crippen molar-refractivity contribution in [3.8, 4) is 5.88 Å². The zero-order valence-electron chi connectivity index (χ0n) is 18.9. The fraction of sp³-hybridized carbons (Fsp3) is 0.480. The number of rotatable bonds is 7. The molecule has 4 rings (SSSR count). The number of nitrogens with one attached hydrogen (secondary N) is 1. The maximum Gasteiger partial charge on any atom is 0.325 e. The lowest BCUT2D eigenvalue weighted by atomic mass is 9.93. The Hall–Kier alpha value is -3.09. The van der Waals surface area contributed by atoms with Gasteiger partial charge in [-0.15, -0.1) is 0 Å². The summed E-state index contributed by atoms with van der Waals surface area (Å²) in [6.45, 7) is 5.56. The van der Waals surface area contributed by atoms with Crippen LogP contribution < -0.4 is 15.0 Å². The molecule has 3 amide bonds. The van der Waals surface area contributed by atoms with Crippen molar-refractivity contribution in [2.24, 2.45) is 0 Å². The van der Waals surface area contributed by atoms with Crippen LogP contribution in [0.5, 0.6) is 5.88 Å². The summed E-state index contributed by atoms with van der Waals surface area (Å²) in [4.78, 5) is 33.0. The number of ether oxygens (including phenoxy) is 1. The molecule has 0 radical (unpaired) electrons. The van der Waals surface area contributed by atoms with E-state index in [2.05, 4.69) is 36.3 Å². The molecule has 170 valence electrons. The molecule has 2 heterocycles. The molecule has 7 nitrogen and oxygen atoms in total. The van der Waals surface area contributed by atoms with E-state index in [4.69, 9.17) is 4.74 Å². The Bertz CT molecular complexity index is 909. The van der Waals surface area contributed by atoms with E-state index in [1.54, 1.807) is 16.0 Å². The number of aromatic nitrogens is 1. The summed E-state index contributed by atoms with van der Waals surface area (Å²) in [7, 11) is 0. The number of carbonyl (C=O) groups is 2. The van der Waals surface area contributed by atoms with E-state index < -0.39 is 0 Å². The van der Waals surface area contributed by atoms with Gasteiger partial charge in [0.2, 0.25) is 11.8 Å². The standard InChI is InChI=1S/C25H32N4O3/c1-18(2)19-6-10-21(11-7-19)29-16-15-28(25(29)31)17-23(30)27-20-8-12-22(13-9-20)32-24-5-3-4-14-26-24/h3-7,10-11,14,18,20,22H,8-9,12-13,15-17H2,1-2H3,(H,27,30). The first-order valence-electron chi connectivity index (χ1n) is 11.5. The van der Waals surface area contributed by atoms with Crippen LogP contribution in [0.15, 0.2) is 48.7 Å². The van der Waals surface area contributed by atoms with Crippen LogP contribution in [0.2, 0.25) is 0 Å². The van der Waals surface area contributed by atoms with Gasteiger partial charge in [-0.25, -0.2) is 9.78 Å². The lowest BCUT2D eigenvalue weighted by Crippen LogP contribution is -2.45. The molecule has 32 heavy (non-hydrogen) atoms. The summed E-state index contributed by atoms with van der Waals surface area (Å²) in [5.41, 5.74) is 2.13. The van der Waals surface area contributed by atoms with Gasteiger partial charge in [0.15, 0.2) is 0 Å². The molecule has 1 aliphatic heterocycles. The molecular weight excluding hydrogens is 404 g/mol. The molecule has 0 atom stereocenters. The first-order chi connectivity index (χ1) is 15.5. The number of amides is 3. The number of pyridine rings is 1. The predicted octanol–water partition coefficient (Wildman–Crippen LogP) is 3.95. The van der Waals surface area contributed by atoms with E-state index in [0.29, 0.717) is 24.9 Å². The summed E-state index contributed by atoms with van der Waals surface area (Å²) >= 11 is 0. The highest BCUT2D eigenvalue weighted by molar-refractivity contribution is 5.96. The molecule has 2 fully saturated rings. The number of benzene rings is 1. The van der Waals surface area contributed by atoms with Crippen LogP contribution in [0.25, 0.3) is 0 Å². The number of hydrogen-bond donors (Lipinski definition) is 1. The summed E-state index contributed by atoms with van der Waals surface area (Å²) < 4.78 is 5.92. The maximum atomic E-state index is 12.8. The van der Waals surface area contributed by atoms with E-state index in [-0.39, 0.29) is 30.6 Å². The van der Waals surface area contributed by atoms with Gasteiger partial charge < -0.3 is 15.0 Å². The van der Waals surface area contributed by atoms with Crippen molar-refractivity contribution in [1.82, 2.24) is 15.2 Å². The maximum absolute atomic E-state index is 12.8. The number of nitrogens with zero attached hydrogens (tertiary/aromatic N) is 3. The minimum absolute atomic E-state index is 0.0931. The highest BCUT2D eigenvalue weighted by atomic mass is 16.5. The molecule has 1 aromatic heterocycles. The molecule has 2 aliphatic rings. The molecule has 7 heteroatoms. The monoisotopic (exact) mass is 436 g/mol.